The van der Waals surface area contributed by atoms with Crippen molar-refractivity contribution in [1.29, 1.82) is 0 Å². The normalized spacial score (nSPS) is 17.0. The number of benzene rings is 1. The third-order valence-electron chi connectivity index (χ3n) is 4.35. The van der Waals surface area contributed by atoms with Crippen molar-refractivity contribution in [3.63, 3.8) is 0 Å². The Morgan fingerprint density at radius 1 is 1.20 bits per heavy atom. The Kier molecular flexibility index (Phi) is 5.05. The molecule has 108 valence electrons. The van der Waals surface area contributed by atoms with Gasteiger partial charge in [-0.05, 0) is 62.8 Å². The minimum absolute atomic E-state index is 0.820. The van der Waals surface area contributed by atoms with Gasteiger partial charge in [-0.2, -0.15) is 0 Å². The van der Waals surface area contributed by atoms with Crippen molar-refractivity contribution < 1.29 is 0 Å². The minimum atomic E-state index is 0.820. The number of hydrogen-bond acceptors (Lipinski definition) is 1. The second kappa shape index (κ2) is 6.78. The fourth-order valence-corrected chi connectivity index (χ4v) is 2.72. The van der Waals surface area contributed by atoms with Crippen molar-refractivity contribution in [2.45, 2.75) is 52.4 Å². The highest BCUT2D eigenvalue weighted by Gasteiger charge is 2.19. The van der Waals surface area contributed by atoms with Gasteiger partial charge in [0.25, 0.3) is 0 Å². The highest BCUT2D eigenvalue weighted by molar-refractivity contribution is 5.53. The van der Waals surface area contributed by atoms with E-state index in [1.165, 1.54) is 41.8 Å². The van der Waals surface area contributed by atoms with Crippen LogP contribution in [-0.2, 0) is 0 Å². The molecular weight excluding hydrogens is 242 g/mol. The minimum Gasteiger partial charge on any atom is -0.348 e. The quantitative estimate of drug-likeness (QED) is 0.624. The molecule has 1 fully saturated rings. The molecule has 1 nitrogen and oxygen atoms in total. The van der Waals surface area contributed by atoms with E-state index in [1.807, 2.05) is 0 Å². The zero-order valence-corrected chi connectivity index (χ0v) is 13.3. The van der Waals surface area contributed by atoms with Crippen molar-refractivity contribution in [1.82, 2.24) is 0 Å². The molecule has 1 saturated carbocycles. The molecule has 0 radical (unpaired) electrons. The maximum atomic E-state index is 2.30. The standard InChI is InChI=1S/C19H27N/c1-5-7-15(2)14-16(3)20(4)19-12-10-18(11-13-19)17-8-6-9-17/h7,10-14,17H,5-6,8-9H2,1-4H3/b15-7+,16-14-. The lowest BCUT2D eigenvalue weighted by atomic mass is 9.80. The molecule has 1 aliphatic rings. The SMILES string of the molecule is CC/C=C(C)/C=C(/C)N(C)c1ccc(C2CCC2)cc1. The fraction of sp³-hybridized carbons (Fsp3) is 0.474. The Bertz CT molecular complexity index is 489. The molecule has 1 aromatic carbocycles. The lowest BCUT2D eigenvalue weighted by molar-refractivity contribution is 0.420. The van der Waals surface area contributed by atoms with Crippen LogP contribution in [0.25, 0.3) is 0 Å². The summed E-state index contributed by atoms with van der Waals surface area (Å²) in [5.41, 5.74) is 5.40. The van der Waals surface area contributed by atoms with Crippen LogP contribution in [0.1, 0.15) is 57.9 Å². The molecular formula is C19H27N. The smallest absolute Gasteiger partial charge is 0.0405 e. The van der Waals surface area contributed by atoms with E-state index in [-0.39, 0.29) is 0 Å². The van der Waals surface area contributed by atoms with Crippen LogP contribution in [0.2, 0.25) is 0 Å². The monoisotopic (exact) mass is 269 g/mol. The van der Waals surface area contributed by atoms with Crippen LogP contribution in [0.3, 0.4) is 0 Å². The second-order valence-electron chi connectivity index (χ2n) is 5.92. The summed E-state index contributed by atoms with van der Waals surface area (Å²) in [4.78, 5) is 2.26. The first-order chi connectivity index (χ1) is 9.61. The molecule has 20 heavy (non-hydrogen) atoms. The van der Waals surface area contributed by atoms with E-state index in [4.69, 9.17) is 0 Å². The number of hydrogen-bond donors (Lipinski definition) is 0. The summed E-state index contributed by atoms with van der Waals surface area (Å²) < 4.78 is 0. The van der Waals surface area contributed by atoms with Gasteiger partial charge in [0, 0.05) is 18.4 Å². The second-order valence-corrected chi connectivity index (χ2v) is 5.92. The number of anilines is 1. The molecule has 0 N–H and O–H groups in total. The zero-order chi connectivity index (χ0) is 14.5. The number of nitrogens with zero attached hydrogens (tertiary/aromatic N) is 1. The number of rotatable bonds is 5. The molecule has 1 aromatic rings. The van der Waals surface area contributed by atoms with E-state index in [9.17, 15) is 0 Å². The lowest BCUT2D eigenvalue weighted by Crippen LogP contribution is -2.15. The predicted molar refractivity (Wildman–Crippen MR) is 89.2 cm³/mol. The van der Waals surface area contributed by atoms with Gasteiger partial charge < -0.3 is 4.90 Å². The van der Waals surface area contributed by atoms with E-state index in [1.54, 1.807) is 0 Å². The van der Waals surface area contributed by atoms with Crippen molar-refractivity contribution in [2.24, 2.45) is 0 Å². The Hall–Kier alpha value is -1.50. The van der Waals surface area contributed by atoms with E-state index in [2.05, 4.69) is 69.1 Å². The van der Waals surface area contributed by atoms with Crippen LogP contribution in [-0.4, -0.2) is 7.05 Å². The van der Waals surface area contributed by atoms with Crippen molar-refractivity contribution in [2.75, 3.05) is 11.9 Å². The van der Waals surface area contributed by atoms with Crippen molar-refractivity contribution in [3.05, 3.63) is 53.3 Å². The van der Waals surface area contributed by atoms with Gasteiger partial charge >= 0.3 is 0 Å². The molecule has 2 rings (SSSR count). The maximum Gasteiger partial charge on any atom is 0.0405 e. The largest absolute Gasteiger partial charge is 0.348 e. The summed E-state index contributed by atoms with van der Waals surface area (Å²) in [6.45, 7) is 6.52. The zero-order valence-electron chi connectivity index (χ0n) is 13.3. The lowest BCUT2D eigenvalue weighted by Gasteiger charge is -2.27. The van der Waals surface area contributed by atoms with Gasteiger partial charge in [-0.25, -0.2) is 0 Å². The topological polar surface area (TPSA) is 3.24 Å². The summed E-state index contributed by atoms with van der Waals surface area (Å²) in [5, 5.41) is 0. The Labute approximate surface area is 124 Å². The van der Waals surface area contributed by atoms with Crippen LogP contribution in [0.15, 0.2) is 47.7 Å². The average molecular weight is 269 g/mol. The molecule has 0 heterocycles. The van der Waals surface area contributed by atoms with Crippen molar-refractivity contribution in [3.8, 4) is 0 Å². The summed E-state index contributed by atoms with van der Waals surface area (Å²) >= 11 is 0. The molecule has 0 aliphatic heterocycles. The van der Waals surface area contributed by atoms with Crippen LogP contribution in [0.4, 0.5) is 5.69 Å². The van der Waals surface area contributed by atoms with Crippen molar-refractivity contribution >= 4 is 5.69 Å². The van der Waals surface area contributed by atoms with Gasteiger partial charge in [0.15, 0.2) is 0 Å². The molecule has 0 unspecified atom stereocenters. The molecule has 0 amide bonds. The van der Waals surface area contributed by atoms with Gasteiger partial charge in [0.1, 0.15) is 0 Å². The molecule has 0 spiro atoms. The predicted octanol–water partition coefficient (Wildman–Crippen LogP) is 5.65. The molecule has 0 atom stereocenters. The summed E-state index contributed by atoms with van der Waals surface area (Å²) in [7, 11) is 2.14. The first kappa shape index (κ1) is 14.9. The highest BCUT2D eigenvalue weighted by Crippen LogP contribution is 2.36. The van der Waals surface area contributed by atoms with Gasteiger partial charge in [-0.15, -0.1) is 0 Å². The maximum absolute atomic E-state index is 2.30. The van der Waals surface area contributed by atoms with Gasteiger partial charge in [0.05, 0.1) is 0 Å². The number of allylic oxidation sites excluding steroid dienone is 4. The first-order valence-electron chi connectivity index (χ1n) is 7.80. The Morgan fingerprint density at radius 2 is 1.85 bits per heavy atom. The third kappa shape index (κ3) is 3.53. The van der Waals surface area contributed by atoms with E-state index >= 15 is 0 Å². The molecule has 0 saturated heterocycles. The average Bonchev–Trinajstić information content (AvgIpc) is 2.37. The van der Waals surface area contributed by atoms with Crippen LogP contribution in [0, 0.1) is 0 Å². The highest BCUT2D eigenvalue weighted by atomic mass is 15.1. The molecule has 0 aromatic heterocycles. The van der Waals surface area contributed by atoms with E-state index in [0.29, 0.717) is 0 Å². The van der Waals surface area contributed by atoms with Gasteiger partial charge in [-0.1, -0.05) is 37.1 Å². The summed E-state index contributed by atoms with van der Waals surface area (Å²) in [6.07, 6.45) is 9.75. The van der Waals surface area contributed by atoms with E-state index < -0.39 is 0 Å². The van der Waals surface area contributed by atoms with Crippen LogP contribution in [0.5, 0.6) is 0 Å². The van der Waals surface area contributed by atoms with Crippen LogP contribution >= 0.6 is 0 Å². The Morgan fingerprint density at radius 3 is 2.35 bits per heavy atom. The van der Waals surface area contributed by atoms with Crippen LogP contribution < -0.4 is 4.90 Å². The first-order valence-corrected chi connectivity index (χ1v) is 7.80. The molecule has 1 heteroatoms. The Balaban J connectivity index is 2.08. The van der Waals surface area contributed by atoms with E-state index in [0.717, 1.165) is 12.3 Å². The molecule has 0 bridgehead atoms. The summed E-state index contributed by atoms with van der Waals surface area (Å²) in [6, 6.07) is 9.11. The molecule has 1 aliphatic carbocycles. The third-order valence-corrected chi connectivity index (χ3v) is 4.35. The van der Waals surface area contributed by atoms with Gasteiger partial charge in [0.2, 0.25) is 0 Å². The summed E-state index contributed by atoms with van der Waals surface area (Å²) in [5.74, 6) is 0.820. The van der Waals surface area contributed by atoms with Gasteiger partial charge in [-0.3, -0.25) is 0 Å². The fourth-order valence-electron chi connectivity index (χ4n) is 2.72.